The smallest absolute Gasteiger partial charge is 0.260 e. The molecule has 0 saturated heterocycles. The molecule has 0 bridgehead atoms. The van der Waals surface area contributed by atoms with Crippen molar-refractivity contribution in [1.82, 2.24) is 0 Å². The zero-order chi connectivity index (χ0) is 34.7. The molecule has 53 heavy (non-hydrogen) atoms. The molecule has 7 aromatic rings. The molecule has 13 rings (SSSR count). The van der Waals surface area contributed by atoms with Gasteiger partial charge in [0.1, 0.15) is 69.0 Å². The molecular formula is C44H25B3O6. The maximum Gasteiger partial charge on any atom is 0.260 e. The molecule has 6 aliphatic rings. The summed E-state index contributed by atoms with van der Waals surface area (Å²) in [7, 11) is 0. The summed E-state index contributed by atoms with van der Waals surface area (Å²) in [6, 6.07) is 39.6. The minimum absolute atomic E-state index is 0.0674. The van der Waals surface area contributed by atoms with Crippen molar-refractivity contribution >= 4 is 69.3 Å². The molecule has 0 fully saturated rings. The third-order valence-electron chi connectivity index (χ3n) is 12.0. The number of ether oxygens (including phenoxy) is 6. The number of rotatable bonds is 0. The quantitative estimate of drug-likeness (QED) is 0.220. The average Bonchev–Trinajstić information content (AvgIpc) is 3.19. The largest absolute Gasteiger partial charge is 0.458 e. The van der Waals surface area contributed by atoms with E-state index in [9.17, 15) is 0 Å². The van der Waals surface area contributed by atoms with Gasteiger partial charge < -0.3 is 28.4 Å². The fourth-order valence-corrected chi connectivity index (χ4v) is 9.76. The van der Waals surface area contributed by atoms with Crippen LogP contribution in [0.15, 0.2) is 115 Å². The van der Waals surface area contributed by atoms with E-state index in [2.05, 4.69) is 62.4 Å². The molecule has 9 heteroatoms. The normalized spacial score (nSPS) is 14.6. The summed E-state index contributed by atoms with van der Waals surface area (Å²) in [5, 5.41) is 0. The van der Waals surface area contributed by atoms with Gasteiger partial charge in [0.25, 0.3) is 20.1 Å². The van der Waals surface area contributed by atoms with Crippen molar-refractivity contribution in [2.24, 2.45) is 0 Å². The second-order valence-corrected chi connectivity index (χ2v) is 14.7. The van der Waals surface area contributed by atoms with Gasteiger partial charge in [-0.05, 0) is 95.2 Å². The van der Waals surface area contributed by atoms with Crippen LogP contribution >= 0.6 is 0 Å². The van der Waals surface area contributed by atoms with E-state index in [4.69, 9.17) is 28.4 Å². The van der Waals surface area contributed by atoms with Crippen LogP contribution in [0, 0.1) is 13.8 Å². The third kappa shape index (κ3) is 3.48. The van der Waals surface area contributed by atoms with Crippen LogP contribution in [0.5, 0.6) is 69.0 Å². The topological polar surface area (TPSA) is 55.4 Å². The number of hydrogen-bond acceptors (Lipinski definition) is 6. The molecule has 246 valence electrons. The lowest BCUT2D eigenvalue weighted by Gasteiger charge is -2.39. The van der Waals surface area contributed by atoms with Crippen molar-refractivity contribution < 1.29 is 28.4 Å². The molecule has 7 aromatic carbocycles. The molecule has 6 aliphatic heterocycles. The van der Waals surface area contributed by atoms with Gasteiger partial charge in [0.2, 0.25) is 0 Å². The Hall–Kier alpha value is -6.47. The number of hydrogen-bond donors (Lipinski definition) is 0. The van der Waals surface area contributed by atoms with Crippen LogP contribution < -0.4 is 77.6 Å². The summed E-state index contributed by atoms with van der Waals surface area (Å²) >= 11 is 0. The summed E-state index contributed by atoms with van der Waals surface area (Å²) < 4.78 is 40.2. The van der Waals surface area contributed by atoms with Gasteiger partial charge in [-0.25, -0.2) is 0 Å². The third-order valence-corrected chi connectivity index (χ3v) is 12.0. The molecule has 0 spiro atoms. The standard InChI is InChI=1S/C44H25B3O6/c1-22-41-26(45-24-10-3-5-12-30(24)48-32-14-7-16-34(50-41)38(32)45)20-28-43(22)52-36-18-9-19-37-40(36)47(28)29-21-27-42(23(2)44(29)53-37)51-35-17-8-15-33-39(35)46(27)25-11-4-6-13-31(25)49-33/h3-21H,1-2H3. The van der Waals surface area contributed by atoms with Crippen molar-refractivity contribution in [3.63, 3.8) is 0 Å². The van der Waals surface area contributed by atoms with Crippen LogP contribution in [0.1, 0.15) is 11.1 Å². The molecule has 0 aromatic heterocycles. The average molecular weight is 682 g/mol. The molecule has 0 atom stereocenters. The number of fused-ring (bicyclic) bond motifs is 12. The molecule has 6 heterocycles. The minimum atomic E-state index is -0.167. The lowest BCUT2D eigenvalue weighted by atomic mass is 9.30. The maximum atomic E-state index is 6.88. The fraction of sp³-hybridized carbons (Fsp3) is 0.0455. The SMILES string of the molecule is Cc1c2c(cc3c1Oc1cccc4c1B3c1cc3c(c(C)c1O4)Oc1cccc4c1B3c1ccccc1O4)B1c3ccccc3Oc3cccc(c31)O2. The lowest BCUT2D eigenvalue weighted by Crippen LogP contribution is -2.63. The lowest BCUT2D eigenvalue weighted by molar-refractivity contribution is 0.442. The monoisotopic (exact) mass is 682 g/mol. The first-order valence-corrected chi connectivity index (χ1v) is 18.1. The van der Waals surface area contributed by atoms with Crippen molar-refractivity contribution in [2.75, 3.05) is 0 Å². The minimum Gasteiger partial charge on any atom is -0.458 e. The van der Waals surface area contributed by atoms with E-state index in [0.717, 1.165) is 129 Å². The van der Waals surface area contributed by atoms with E-state index in [-0.39, 0.29) is 20.1 Å². The molecule has 6 nitrogen and oxygen atoms in total. The van der Waals surface area contributed by atoms with Crippen LogP contribution in [0.4, 0.5) is 0 Å². The van der Waals surface area contributed by atoms with Crippen LogP contribution in [-0.2, 0) is 0 Å². The van der Waals surface area contributed by atoms with Crippen molar-refractivity contribution in [2.45, 2.75) is 13.8 Å². The summed E-state index contributed by atoms with van der Waals surface area (Å²) in [6.45, 7) is 3.94. The van der Waals surface area contributed by atoms with E-state index in [1.54, 1.807) is 0 Å². The van der Waals surface area contributed by atoms with Crippen LogP contribution in [0.25, 0.3) is 0 Å². The van der Waals surface area contributed by atoms with Gasteiger partial charge >= 0.3 is 0 Å². The first-order valence-electron chi connectivity index (χ1n) is 18.1. The number of benzene rings is 7. The van der Waals surface area contributed by atoms with E-state index in [0.29, 0.717) is 0 Å². The first-order chi connectivity index (χ1) is 26.1. The van der Waals surface area contributed by atoms with Crippen LogP contribution in [0.3, 0.4) is 0 Å². The zero-order valence-electron chi connectivity index (χ0n) is 28.7. The molecule has 0 N–H and O–H groups in total. The Kier molecular flexibility index (Phi) is 5.15. The van der Waals surface area contributed by atoms with Gasteiger partial charge in [0.15, 0.2) is 0 Å². The summed E-state index contributed by atoms with van der Waals surface area (Å²) in [5.41, 5.74) is 11.7. The van der Waals surface area contributed by atoms with Gasteiger partial charge in [-0.2, -0.15) is 0 Å². The first kappa shape index (κ1) is 28.2. The highest BCUT2D eigenvalue weighted by Gasteiger charge is 2.48. The molecule has 0 aliphatic carbocycles. The highest BCUT2D eigenvalue weighted by molar-refractivity contribution is 7.02. The molecule has 0 saturated carbocycles. The van der Waals surface area contributed by atoms with E-state index in [1.165, 1.54) is 0 Å². The molecule has 0 radical (unpaired) electrons. The summed E-state index contributed by atoms with van der Waals surface area (Å²) in [5.74, 6) is 9.89. The number of para-hydroxylation sites is 2. The Labute approximate surface area is 306 Å². The Balaban J connectivity index is 1.08. The predicted octanol–water partition coefficient (Wildman–Crippen LogP) is 4.49. The molecule has 0 amide bonds. The molecular weight excluding hydrogens is 657 g/mol. The second kappa shape index (κ2) is 9.69. The Bertz CT molecular complexity index is 2680. The fourth-order valence-electron chi connectivity index (χ4n) is 9.76. The van der Waals surface area contributed by atoms with Crippen molar-refractivity contribution in [3.8, 4) is 69.0 Å². The Morgan fingerprint density at radius 1 is 0.302 bits per heavy atom. The van der Waals surface area contributed by atoms with E-state index in [1.807, 2.05) is 66.7 Å². The van der Waals surface area contributed by atoms with Gasteiger partial charge in [-0.3, -0.25) is 0 Å². The van der Waals surface area contributed by atoms with Gasteiger partial charge in [0, 0.05) is 27.5 Å². The Morgan fingerprint density at radius 3 is 0.943 bits per heavy atom. The maximum absolute atomic E-state index is 6.88. The molecule has 0 unspecified atom stereocenters. The van der Waals surface area contributed by atoms with Crippen molar-refractivity contribution in [1.29, 1.82) is 0 Å². The van der Waals surface area contributed by atoms with E-state index < -0.39 is 0 Å². The van der Waals surface area contributed by atoms with Crippen molar-refractivity contribution in [3.05, 3.63) is 126 Å². The Morgan fingerprint density at radius 2 is 0.585 bits per heavy atom. The second-order valence-electron chi connectivity index (χ2n) is 14.7. The summed E-state index contributed by atoms with van der Waals surface area (Å²) in [4.78, 5) is 0. The van der Waals surface area contributed by atoms with Crippen LogP contribution in [0.2, 0.25) is 0 Å². The van der Waals surface area contributed by atoms with Gasteiger partial charge in [-0.1, -0.05) is 66.7 Å². The highest BCUT2D eigenvalue weighted by atomic mass is 16.5. The van der Waals surface area contributed by atoms with Crippen LogP contribution in [-0.4, -0.2) is 20.1 Å². The summed E-state index contributed by atoms with van der Waals surface area (Å²) in [6.07, 6.45) is 0. The zero-order valence-corrected chi connectivity index (χ0v) is 28.7. The van der Waals surface area contributed by atoms with E-state index >= 15 is 0 Å². The van der Waals surface area contributed by atoms with Gasteiger partial charge in [0.05, 0.1) is 0 Å². The predicted molar refractivity (Wildman–Crippen MR) is 209 cm³/mol. The highest BCUT2D eigenvalue weighted by Crippen LogP contribution is 2.44. The van der Waals surface area contributed by atoms with Gasteiger partial charge in [-0.15, -0.1) is 0 Å².